The number of hydrogen-bond donors (Lipinski definition) is 2. The van der Waals surface area contributed by atoms with Gasteiger partial charge >= 0.3 is 0 Å². The minimum absolute atomic E-state index is 0.0444. The van der Waals surface area contributed by atoms with Crippen LogP contribution in [0, 0.1) is 6.92 Å². The number of aliphatic hydroxyl groups excluding tert-OH is 1. The van der Waals surface area contributed by atoms with E-state index >= 15 is 0 Å². The summed E-state index contributed by atoms with van der Waals surface area (Å²) >= 11 is 0. The fourth-order valence-electron chi connectivity index (χ4n) is 2.41. The number of hydrogen-bond acceptors (Lipinski definition) is 3. The molecule has 0 bridgehead atoms. The highest BCUT2D eigenvalue weighted by atomic mass is 16.3. The number of nitrogen functional groups attached to an aromatic ring is 1. The molecule has 4 heteroatoms. The first kappa shape index (κ1) is 13.9. The third-order valence-corrected chi connectivity index (χ3v) is 3.83. The van der Waals surface area contributed by atoms with Crippen LogP contribution in [0.15, 0.2) is 18.2 Å². The zero-order valence-corrected chi connectivity index (χ0v) is 11.4. The van der Waals surface area contributed by atoms with Gasteiger partial charge in [-0.05, 0) is 50.3 Å². The van der Waals surface area contributed by atoms with E-state index in [2.05, 4.69) is 0 Å². The van der Waals surface area contributed by atoms with Gasteiger partial charge in [-0.25, -0.2) is 0 Å². The number of nitrogens with two attached hydrogens (primary N) is 1. The number of aliphatic hydroxyl groups is 1. The molecule has 1 amide bonds. The molecule has 0 saturated heterocycles. The van der Waals surface area contributed by atoms with Gasteiger partial charge in [-0.15, -0.1) is 0 Å². The monoisotopic (exact) mass is 262 g/mol. The maximum absolute atomic E-state index is 12.6. The number of carbonyl (C=O) groups is 1. The van der Waals surface area contributed by atoms with Crippen molar-refractivity contribution >= 4 is 11.6 Å². The molecule has 1 fully saturated rings. The van der Waals surface area contributed by atoms with E-state index in [1.165, 1.54) is 6.42 Å². The second-order valence-corrected chi connectivity index (χ2v) is 5.23. The Morgan fingerprint density at radius 1 is 1.47 bits per heavy atom. The Hall–Kier alpha value is -1.55. The van der Waals surface area contributed by atoms with Gasteiger partial charge in [-0.2, -0.15) is 0 Å². The summed E-state index contributed by atoms with van der Waals surface area (Å²) in [7, 11) is 0. The van der Waals surface area contributed by atoms with Gasteiger partial charge in [0.2, 0.25) is 0 Å². The molecule has 19 heavy (non-hydrogen) atoms. The Bertz CT molecular complexity index is 455. The average Bonchev–Trinajstić information content (AvgIpc) is 2.34. The molecular formula is C15H22N2O2. The van der Waals surface area contributed by atoms with E-state index in [4.69, 9.17) is 10.8 Å². The van der Waals surface area contributed by atoms with Crippen LogP contribution in [0.1, 0.15) is 41.6 Å². The summed E-state index contributed by atoms with van der Waals surface area (Å²) in [5.41, 5.74) is 8.03. The van der Waals surface area contributed by atoms with E-state index in [-0.39, 0.29) is 12.5 Å². The molecule has 0 heterocycles. The Kier molecular flexibility index (Phi) is 4.43. The fourth-order valence-corrected chi connectivity index (χ4v) is 2.41. The zero-order valence-electron chi connectivity index (χ0n) is 11.4. The van der Waals surface area contributed by atoms with E-state index in [0.29, 0.717) is 30.3 Å². The maximum Gasteiger partial charge on any atom is 0.254 e. The van der Waals surface area contributed by atoms with Gasteiger partial charge in [0.25, 0.3) is 5.91 Å². The molecule has 1 saturated carbocycles. The van der Waals surface area contributed by atoms with Crippen molar-refractivity contribution in [1.82, 2.24) is 4.90 Å². The fraction of sp³-hybridized carbons (Fsp3) is 0.533. The van der Waals surface area contributed by atoms with Crippen molar-refractivity contribution in [3.8, 4) is 0 Å². The first-order valence-corrected chi connectivity index (χ1v) is 6.91. The van der Waals surface area contributed by atoms with Crippen LogP contribution in [0.5, 0.6) is 0 Å². The molecule has 0 aromatic heterocycles. The number of carbonyl (C=O) groups excluding carboxylic acids is 1. The highest BCUT2D eigenvalue weighted by Crippen LogP contribution is 2.27. The summed E-state index contributed by atoms with van der Waals surface area (Å²) in [6, 6.07) is 5.78. The molecule has 104 valence electrons. The minimum atomic E-state index is 0.0444. The van der Waals surface area contributed by atoms with E-state index < -0.39 is 0 Å². The van der Waals surface area contributed by atoms with E-state index in [1.54, 1.807) is 6.07 Å². The lowest BCUT2D eigenvalue weighted by atomic mass is 9.90. The normalized spacial score (nSPS) is 15.1. The standard InChI is InChI=1S/C15H22N2O2/c1-11-6-7-12(16)10-14(11)15(19)17(8-3-9-18)13-4-2-5-13/h6-7,10,13,18H,2-5,8-9,16H2,1H3. The summed E-state index contributed by atoms with van der Waals surface area (Å²) in [6.07, 6.45) is 3.95. The lowest BCUT2D eigenvalue weighted by Gasteiger charge is -2.38. The minimum Gasteiger partial charge on any atom is -0.399 e. The topological polar surface area (TPSA) is 66.6 Å². The molecule has 3 N–H and O–H groups in total. The smallest absolute Gasteiger partial charge is 0.254 e. The molecule has 0 radical (unpaired) electrons. The van der Waals surface area contributed by atoms with E-state index in [1.807, 2.05) is 24.0 Å². The van der Waals surface area contributed by atoms with Crippen LogP contribution < -0.4 is 5.73 Å². The van der Waals surface area contributed by atoms with Gasteiger partial charge in [-0.1, -0.05) is 6.07 Å². The van der Waals surface area contributed by atoms with Crippen LogP contribution in [0.25, 0.3) is 0 Å². The predicted octanol–water partition coefficient (Wildman–Crippen LogP) is 1.95. The molecule has 1 aliphatic carbocycles. The van der Waals surface area contributed by atoms with Crippen molar-refractivity contribution in [3.63, 3.8) is 0 Å². The molecule has 1 aromatic carbocycles. The van der Waals surface area contributed by atoms with Gasteiger partial charge in [-0.3, -0.25) is 4.79 Å². The number of anilines is 1. The lowest BCUT2D eigenvalue weighted by molar-refractivity contribution is 0.0562. The first-order chi connectivity index (χ1) is 9.13. The predicted molar refractivity (Wildman–Crippen MR) is 76.0 cm³/mol. The number of aryl methyl sites for hydroxylation is 1. The van der Waals surface area contributed by atoms with Crippen LogP contribution in [0.2, 0.25) is 0 Å². The van der Waals surface area contributed by atoms with Gasteiger partial charge < -0.3 is 15.7 Å². The highest BCUT2D eigenvalue weighted by Gasteiger charge is 2.29. The average molecular weight is 262 g/mol. The Morgan fingerprint density at radius 2 is 2.21 bits per heavy atom. The summed E-state index contributed by atoms with van der Waals surface area (Å²) in [4.78, 5) is 14.6. The quantitative estimate of drug-likeness (QED) is 0.797. The van der Waals surface area contributed by atoms with Gasteiger partial charge in [0, 0.05) is 30.4 Å². The van der Waals surface area contributed by atoms with Crippen LogP contribution in [-0.2, 0) is 0 Å². The molecule has 0 unspecified atom stereocenters. The van der Waals surface area contributed by atoms with Crippen LogP contribution >= 0.6 is 0 Å². The summed E-state index contributed by atoms with van der Waals surface area (Å²) in [6.45, 7) is 2.66. The van der Waals surface area contributed by atoms with Crippen LogP contribution in [0.4, 0.5) is 5.69 Å². The van der Waals surface area contributed by atoms with Crippen LogP contribution in [0.3, 0.4) is 0 Å². The number of amides is 1. The highest BCUT2D eigenvalue weighted by molar-refractivity contribution is 5.96. The van der Waals surface area contributed by atoms with Crippen molar-refractivity contribution < 1.29 is 9.90 Å². The maximum atomic E-state index is 12.6. The number of benzene rings is 1. The molecule has 1 aromatic rings. The number of nitrogens with zero attached hydrogens (tertiary/aromatic N) is 1. The molecule has 0 spiro atoms. The van der Waals surface area contributed by atoms with Crippen molar-refractivity contribution in [1.29, 1.82) is 0 Å². The second-order valence-electron chi connectivity index (χ2n) is 5.23. The van der Waals surface area contributed by atoms with E-state index in [0.717, 1.165) is 18.4 Å². The van der Waals surface area contributed by atoms with Crippen LogP contribution in [-0.4, -0.2) is 35.1 Å². The van der Waals surface area contributed by atoms with Crippen molar-refractivity contribution in [2.45, 2.75) is 38.6 Å². The zero-order chi connectivity index (χ0) is 13.8. The molecule has 2 rings (SSSR count). The lowest BCUT2D eigenvalue weighted by Crippen LogP contribution is -2.45. The molecule has 0 atom stereocenters. The van der Waals surface area contributed by atoms with Gasteiger partial charge in [0.15, 0.2) is 0 Å². The molecule has 1 aliphatic rings. The summed E-state index contributed by atoms with van der Waals surface area (Å²) in [5.74, 6) is 0.0444. The summed E-state index contributed by atoms with van der Waals surface area (Å²) < 4.78 is 0. The largest absolute Gasteiger partial charge is 0.399 e. The van der Waals surface area contributed by atoms with Gasteiger partial charge in [0.1, 0.15) is 0 Å². The second kappa shape index (κ2) is 6.06. The SMILES string of the molecule is Cc1ccc(N)cc1C(=O)N(CCCO)C1CCC1. The van der Waals surface area contributed by atoms with E-state index in [9.17, 15) is 4.79 Å². The third-order valence-electron chi connectivity index (χ3n) is 3.83. The number of rotatable bonds is 5. The van der Waals surface area contributed by atoms with Gasteiger partial charge in [0.05, 0.1) is 0 Å². The Morgan fingerprint density at radius 3 is 2.79 bits per heavy atom. The van der Waals surface area contributed by atoms with Crippen molar-refractivity contribution in [2.24, 2.45) is 0 Å². The van der Waals surface area contributed by atoms with Crippen molar-refractivity contribution in [3.05, 3.63) is 29.3 Å². The first-order valence-electron chi connectivity index (χ1n) is 6.91. The summed E-state index contributed by atoms with van der Waals surface area (Å²) in [5, 5.41) is 8.98. The molecular weight excluding hydrogens is 240 g/mol. The third kappa shape index (κ3) is 3.07. The molecule has 4 nitrogen and oxygen atoms in total. The molecule has 0 aliphatic heterocycles. The van der Waals surface area contributed by atoms with Crippen molar-refractivity contribution in [2.75, 3.05) is 18.9 Å². The Balaban J connectivity index is 2.19. The Labute approximate surface area is 114 Å².